The first-order valence-electron chi connectivity index (χ1n) is 5.92. The molecular formula is C13H19N3O. The van der Waals surface area contributed by atoms with Crippen LogP contribution in [0.5, 0.6) is 5.88 Å². The smallest absolute Gasteiger partial charge is 0.215 e. The SMILES string of the molecule is CCOc1cccc(N(CCC#N)C(C)C)n1. The van der Waals surface area contributed by atoms with E-state index >= 15 is 0 Å². The summed E-state index contributed by atoms with van der Waals surface area (Å²) in [4.78, 5) is 6.53. The van der Waals surface area contributed by atoms with E-state index in [2.05, 4.69) is 29.8 Å². The summed E-state index contributed by atoms with van der Waals surface area (Å²) >= 11 is 0. The number of rotatable bonds is 6. The van der Waals surface area contributed by atoms with Crippen LogP contribution in [-0.2, 0) is 0 Å². The van der Waals surface area contributed by atoms with Crippen molar-refractivity contribution in [3.8, 4) is 11.9 Å². The van der Waals surface area contributed by atoms with Gasteiger partial charge >= 0.3 is 0 Å². The molecule has 1 rings (SSSR count). The number of hydrogen-bond donors (Lipinski definition) is 0. The standard InChI is InChI=1S/C13H19N3O/c1-4-17-13-8-5-7-12(15-13)16(11(2)3)10-6-9-14/h5,7-8,11H,4,6,10H2,1-3H3. The lowest BCUT2D eigenvalue weighted by Crippen LogP contribution is -2.32. The summed E-state index contributed by atoms with van der Waals surface area (Å²) in [6, 6.07) is 8.19. The maximum Gasteiger partial charge on any atom is 0.215 e. The maximum atomic E-state index is 8.66. The van der Waals surface area contributed by atoms with Crippen LogP contribution >= 0.6 is 0 Å². The highest BCUT2D eigenvalue weighted by Gasteiger charge is 2.12. The van der Waals surface area contributed by atoms with Crippen LogP contribution in [0.1, 0.15) is 27.2 Å². The minimum Gasteiger partial charge on any atom is -0.478 e. The molecule has 0 aromatic carbocycles. The van der Waals surface area contributed by atoms with Crippen LogP contribution in [-0.4, -0.2) is 24.2 Å². The second-order valence-corrected chi connectivity index (χ2v) is 3.96. The van der Waals surface area contributed by atoms with Crippen molar-refractivity contribution in [2.75, 3.05) is 18.1 Å². The zero-order valence-corrected chi connectivity index (χ0v) is 10.7. The fourth-order valence-corrected chi connectivity index (χ4v) is 1.60. The Morgan fingerprint density at radius 2 is 2.24 bits per heavy atom. The van der Waals surface area contributed by atoms with E-state index in [-0.39, 0.29) is 0 Å². The van der Waals surface area contributed by atoms with E-state index in [1.54, 1.807) is 0 Å². The summed E-state index contributed by atoms with van der Waals surface area (Å²) in [5.41, 5.74) is 0. The molecule has 0 fully saturated rings. The van der Waals surface area contributed by atoms with E-state index < -0.39 is 0 Å². The second kappa shape index (κ2) is 6.74. The molecule has 1 aromatic rings. The molecule has 0 N–H and O–H groups in total. The zero-order valence-electron chi connectivity index (χ0n) is 10.7. The van der Waals surface area contributed by atoms with Gasteiger partial charge in [0.25, 0.3) is 0 Å². The number of nitrogens with zero attached hydrogens (tertiary/aromatic N) is 3. The molecule has 4 nitrogen and oxygen atoms in total. The van der Waals surface area contributed by atoms with Crippen molar-refractivity contribution in [2.24, 2.45) is 0 Å². The first kappa shape index (κ1) is 13.3. The predicted molar refractivity (Wildman–Crippen MR) is 68.1 cm³/mol. The molecular weight excluding hydrogens is 214 g/mol. The number of anilines is 1. The van der Waals surface area contributed by atoms with Gasteiger partial charge in [-0.05, 0) is 26.8 Å². The van der Waals surface area contributed by atoms with E-state index in [1.807, 2.05) is 25.1 Å². The first-order valence-corrected chi connectivity index (χ1v) is 5.92. The van der Waals surface area contributed by atoms with Crippen molar-refractivity contribution >= 4 is 5.82 Å². The maximum absolute atomic E-state index is 8.66. The molecule has 0 saturated heterocycles. The van der Waals surface area contributed by atoms with Gasteiger partial charge in [-0.25, -0.2) is 0 Å². The molecule has 0 aliphatic rings. The van der Waals surface area contributed by atoms with Gasteiger partial charge in [0, 0.05) is 18.7 Å². The number of pyridine rings is 1. The Morgan fingerprint density at radius 3 is 2.82 bits per heavy atom. The van der Waals surface area contributed by atoms with E-state index in [0.717, 1.165) is 5.82 Å². The predicted octanol–water partition coefficient (Wildman–Crippen LogP) is 2.61. The van der Waals surface area contributed by atoms with Crippen molar-refractivity contribution in [1.29, 1.82) is 5.26 Å². The van der Waals surface area contributed by atoms with Crippen LogP contribution in [0.3, 0.4) is 0 Å². The summed E-state index contributed by atoms with van der Waals surface area (Å²) in [6.07, 6.45) is 0.499. The lowest BCUT2D eigenvalue weighted by molar-refractivity contribution is 0.327. The van der Waals surface area contributed by atoms with Crippen molar-refractivity contribution in [3.63, 3.8) is 0 Å². The third-order valence-corrected chi connectivity index (χ3v) is 2.38. The van der Waals surface area contributed by atoms with Crippen LogP contribution in [0.2, 0.25) is 0 Å². The molecule has 0 amide bonds. The Kier molecular flexibility index (Phi) is 5.28. The molecule has 0 unspecified atom stereocenters. The second-order valence-electron chi connectivity index (χ2n) is 3.96. The highest BCUT2D eigenvalue weighted by atomic mass is 16.5. The van der Waals surface area contributed by atoms with Gasteiger partial charge in [-0.15, -0.1) is 0 Å². The minimum absolute atomic E-state index is 0.313. The Bertz CT molecular complexity index is 384. The van der Waals surface area contributed by atoms with Crippen LogP contribution in [0.15, 0.2) is 18.2 Å². The molecule has 0 atom stereocenters. The molecule has 17 heavy (non-hydrogen) atoms. The Balaban J connectivity index is 2.86. The highest BCUT2D eigenvalue weighted by molar-refractivity contribution is 5.41. The average Bonchev–Trinajstić information content (AvgIpc) is 2.30. The molecule has 0 radical (unpaired) electrons. The molecule has 1 heterocycles. The molecule has 0 spiro atoms. The third-order valence-electron chi connectivity index (χ3n) is 2.38. The van der Waals surface area contributed by atoms with E-state index in [0.29, 0.717) is 31.5 Å². The summed E-state index contributed by atoms with van der Waals surface area (Å²) in [5, 5.41) is 8.66. The van der Waals surface area contributed by atoms with Crippen molar-refractivity contribution in [3.05, 3.63) is 18.2 Å². The van der Waals surface area contributed by atoms with Gasteiger partial charge in [0.1, 0.15) is 5.82 Å². The Hall–Kier alpha value is -1.76. The fourth-order valence-electron chi connectivity index (χ4n) is 1.60. The lowest BCUT2D eigenvalue weighted by Gasteiger charge is -2.27. The molecule has 0 bridgehead atoms. The summed E-state index contributed by atoms with van der Waals surface area (Å²) in [5.74, 6) is 1.49. The largest absolute Gasteiger partial charge is 0.478 e. The number of ether oxygens (including phenoxy) is 1. The quantitative estimate of drug-likeness (QED) is 0.757. The molecule has 0 aliphatic heterocycles. The number of hydrogen-bond acceptors (Lipinski definition) is 4. The number of nitriles is 1. The third kappa shape index (κ3) is 3.95. The van der Waals surface area contributed by atoms with Crippen LogP contribution < -0.4 is 9.64 Å². The van der Waals surface area contributed by atoms with Gasteiger partial charge in [-0.3, -0.25) is 0 Å². The minimum atomic E-state index is 0.313. The first-order chi connectivity index (χ1) is 8.19. The zero-order chi connectivity index (χ0) is 12.7. The Morgan fingerprint density at radius 1 is 1.47 bits per heavy atom. The molecule has 0 aliphatic carbocycles. The van der Waals surface area contributed by atoms with Crippen LogP contribution in [0, 0.1) is 11.3 Å². The van der Waals surface area contributed by atoms with E-state index in [9.17, 15) is 0 Å². The van der Waals surface area contributed by atoms with Gasteiger partial charge < -0.3 is 9.64 Å². The van der Waals surface area contributed by atoms with Crippen molar-refractivity contribution < 1.29 is 4.74 Å². The topological polar surface area (TPSA) is 49.1 Å². The Labute approximate surface area is 103 Å². The average molecular weight is 233 g/mol. The van der Waals surface area contributed by atoms with Gasteiger partial charge in [0.05, 0.1) is 19.1 Å². The summed E-state index contributed by atoms with van der Waals surface area (Å²) in [6.45, 7) is 7.41. The van der Waals surface area contributed by atoms with Gasteiger partial charge in [-0.1, -0.05) is 6.07 Å². The van der Waals surface area contributed by atoms with Crippen LogP contribution in [0.4, 0.5) is 5.82 Å². The summed E-state index contributed by atoms with van der Waals surface area (Å²) in [7, 11) is 0. The van der Waals surface area contributed by atoms with Gasteiger partial charge in [0.2, 0.25) is 5.88 Å². The monoisotopic (exact) mass is 233 g/mol. The lowest BCUT2D eigenvalue weighted by atomic mass is 10.2. The normalized spacial score (nSPS) is 10.1. The number of aromatic nitrogens is 1. The van der Waals surface area contributed by atoms with Crippen molar-refractivity contribution in [1.82, 2.24) is 4.98 Å². The molecule has 92 valence electrons. The van der Waals surface area contributed by atoms with E-state index in [4.69, 9.17) is 10.00 Å². The molecule has 0 saturated carbocycles. The fraction of sp³-hybridized carbons (Fsp3) is 0.538. The van der Waals surface area contributed by atoms with Crippen molar-refractivity contribution in [2.45, 2.75) is 33.2 Å². The molecule has 1 aromatic heterocycles. The van der Waals surface area contributed by atoms with Gasteiger partial charge in [-0.2, -0.15) is 10.2 Å². The summed E-state index contributed by atoms with van der Waals surface area (Å²) < 4.78 is 5.38. The van der Waals surface area contributed by atoms with Gasteiger partial charge in [0.15, 0.2) is 0 Å². The van der Waals surface area contributed by atoms with E-state index in [1.165, 1.54) is 0 Å². The highest BCUT2D eigenvalue weighted by Crippen LogP contribution is 2.18. The molecule has 4 heteroatoms. The van der Waals surface area contributed by atoms with Crippen LogP contribution in [0.25, 0.3) is 0 Å².